The molecule has 0 aliphatic carbocycles. The lowest BCUT2D eigenvalue weighted by atomic mass is 10.3. The van der Waals surface area contributed by atoms with Gasteiger partial charge in [-0.15, -0.1) is 0 Å². The van der Waals surface area contributed by atoms with Crippen LogP contribution in [0, 0.1) is 0 Å². The molecule has 1 unspecified atom stereocenters. The SMILES string of the molecule is C=C(C=N[C@@]1(C)C(N)N1C(=NCC)C(F)(F)F)C(F)(F)F. The average molecular weight is 316 g/mol. The molecule has 10 heteroatoms. The molecule has 1 saturated heterocycles. The number of hydrogen-bond donors (Lipinski definition) is 1. The molecule has 1 heterocycles. The van der Waals surface area contributed by atoms with Gasteiger partial charge in [0.2, 0.25) is 5.84 Å². The van der Waals surface area contributed by atoms with Gasteiger partial charge < -0.3 is 10.6 Å². The zero-order valence-corrected chi connectivity index (χ0v) is 11.3. The van der Waals surface area contributed by atoms with E-state index in [4.69, 9.17) is 5.73 Å². The average Bonchev–Trinajstić information content (AvgIpc) is 2.83. The number of halogens is 6. The second-order valence-electron chi connectivity index (χ2n) is 4.49. The van der Waals surface area contributed by atoms with E-state index in [1.165, 1.54) is 13.8 Å². The third-order valence-electron chi connectivity index (χ3n) is 2.89. The van der Waals surface area contributed by atoms with Crippen molar-refractivity contribution in [1.29, 1.82) is 0 Å². The van der Waals surface area contributed by atoms with E-state index < -0.39 is 35.6 Å². The van der Waals surface area contributed by atoms with E-state index in [1.807, 2.05) is 0 Å². The first-order valence-corrected chi connectivity index (χ1v) is 5.83. The number of aliphatic imine (C=N–C) groups is 2. The highest BCUT2D eigenvalue weighted by atomic mass is 19.4. The lowest BCUT2D eigenvalue weighted by molar-refractivity contribution is -0.0853. The largest absolute Gasteiger partial charge is 0.449 e. The summed E-state index contributed by atoms with van der Waals surface area (Å²) in [5.41, 5.74) is 2.59. The normalized spacial score (nSPS) is 27.4. The third-order valence-corrected chi connectivity index (χ3v) is 2.89. The Morgan fingerprint density at radius 3 is 2.19 bits per heavy atom. The molecule has 0 aromatic rings. The molecule has 0 spiro atoms. The van der Waals surface area contributed by atoms with E-state index in [-0.39, 0.29) is 6.54 Å². The van der Waals surface area contributed by atoms with Crippen LogP contribution in [0.2, 0.25) is 0 Å². The number of allylic oxidation sites excluding steroid dienone is 1. The predicted molar refractivity (Wildman–Crippen MR) is 65.9 cm³/mol. The van der Waals surface area contributed by atoms with Crippen LogP contribution in [0.5, 0.6) is 0 Å². The van der Waals surface area contributed by atoms with E-state index in [2.05, 4.69) is 16.6 Å². The van der Waals surface area contributed by atoms with Crippen molar-refractivity contribution >= 4 is 12.1 Å². The fraction of sp³-hybridized carbons (Fsp3) is 0.636. The molecule has 0 aromatic carbocycles. The minimum atomic E-state index is -4.76. The van der Waals surface area contributed by atoms with Crippen LogP contribution in [0.15, 0.2) is 22.1 Å². The first-order chi connectivity index (χ1) is 9.35. The summed E-state index contributed by atoms with van der Waals surface area (Å²) < 4.78 is 75.3. The summed E-state index contributed by atoms with van der Waals surface area (Å²) in [7, 11) is 0. The van der Waals surface area contributed by atoms with Gasteiger partial charge in [-0.2, -0.15) is 26.3 Å². The summed E-state index contributed by atoms with van der Waals surface area (Å²) in [4.78, 5) is 7.41. The first-order valence-electron chi connectivity index (χ1n) is 5.83. The molecular weight excluding hydrogens is 302 g/mol. The van der Waals surface area contributed by atoms with Crippen LogP contribution in [0.25, 0.3) is 0 Å². The summed E-state index contributed by atoms with van der Waals surface area (Å²) in [6, 6.07) is 0. The molecule has 0 saturated carbocycles. The maximum atomic E-state index is 12.8. The number of rotatable bonds is 3. The van der Waals surface area contributed by atoms with Crippen molar-refractivity contribution in [2.75, 3.05) is 6.54 Å². The molecular formula is C11H14F6N4. The highest BCUT2D eigenvalue weighted by Crippen LogP contribution is 2.42. The number of hydrogen-bond acceptors (Lipinski definition) is 3. The highest BCUT2D eigenvalue weighted by molar-refractivity contribution is 5.91. The second kappa shape index (κ2) is 5.32. The van der Waals surface area contributed by atoms with Gasteiger partial charge in [-0.05, 0) is 13.8 Å². The number of nitrogens with two attached hydrogens (primary N) is 1. The van der Waals surface area contributed by atoms with E-state index in [0.29, 0.717) is 11.1 Å². The Morgan fingerprint density at radius 2 is 1.81 bits per heavy atom. The first kappa shape index (κ1) is 17.5. The molecule has 0 aromatic heterocycles. The second-order valence-corrected chi connectivity index (χ2v) is 4.49. The van der Waals surface area contributed by atoms with E-state index in [9.17, 15) is 26.3 Å². The van der Waals surface area contributed by atoms with Gasteiger partial charge in [-0.25, -0.2) is 0 Å². The van der Waals surface area contributed by atoms with Gasteiger partial charge in [0.15, 0.2) is 5.66 Å². The highest BCUT2D eigenvalue weighted by Gasteiger charge is 2.64. The quantitative estimate of drug-likeness (QED) is 0.376. The smallest absolute Gasteiger partial charge is 0.308 e. The molecule has 1 aliphatic heterocycles. The minimum absolute atomic E-state index is 0.146. The van der Waals surface area contributed by atoms with Gasteiger partial charge in [0.05, 0.1) is 5.57 Å². The molecule has 1 fully saturated rings. The molecule has 2 atom stereocenters. The van der Waals surface area contributed by atoms with E-state index in [0.717, 1.165) is 0 Å². The van der Waals surface area contributed by atoms with Gasteiger partial charge in [0.1, 0.15) is 6.17 Å². The number of alkyl halides is 6. The monoisotopic (exact) mass is 316 g/mol. The van der Waals surface area contributed by atoms with Crippen LogP contribution in [-0.4, -0.2) is 47.7 Å². The zero-order chi connectivity index (χ0) is 16.6. The minimum Gasteiger partial charge on any atom is -0.308 e. The summed E-state index contributed by atoms with van der Waals surface area (Å²) in [5.74, 6) is -1.25. The molecule has 120 valence electrons. The van der Waals surface area contributed by atoms with Gasteiger partial charge in [0, 0.05) is 12.8 Å². The van der Waals surface area contributed by atoms with Gasteiger partial charge in [-0.1, -0.05) is 6.58 Å². The Hall–Kier alpha value is -1.58. The van der Waals surface area contributed by atoms with Crippen molar-refractivity contribution in [1.82, 2.24) is 4.90 Å². The predicted octanol–water partition coefficient (Wildman–Crippen LogP) is 2.47. The Kier molecular flexibility index (Phi) is 4.42. The van der Waals surface area contributed by atoms with Crippen LogP contribution < -0.4 is 5.73 Å². The molecule has 21 heavy (non-hydrogen) atoms. The van der Waals surface area contributed by atoms with Crippen LogP contribution in [-0.2, 0) is 0 Å². The maximum absolute atomic E-state index is 12.8. The molecule has 2 N–H and O–H groups in total. The van der Waals surface area contributed by atoms with Crippen LogP contribution in [0.1, 0.15) is 13.8 Å². The van der Waals surface area contributed by atoms with Gasteiger partial charge >= 0.3 is 12.4 Å². The molecule has 1 rings (SSSR count). The number of nitrogens with zero attached hydrogens (tertiary/aromatic N) is 3. The Bertz CT molecular complexity index is 478. The summed E-state index contributed by atoms with van der Waals surface area (Å²) in [5, 5.41) is 0. The van der Waals surface area contributed by atoms with E-state index in [1.54, 1.807) is 0 Å². The van der Waals surface area contributed by atoms with Crippen molar-refractivity contribution in [2.24, 2.45) is 15.7 Å². The summed E-state index contributed by atoms with van der Waals surface area (Å²) in [6.07, 6.45) is -10.3. The Morgan fingerprint density at radius 1 is 1.29 bits per heavy atom. The molecule has 0 amide bonds. The van der Waals surface area contributed by atoms with E-state index >= 15 is 0 Å². The molecule has 0 radical (unpaired) electrons. The van der Waals surface area contributed by atoms with Crippen molar-refractivity contribution in [3.8, 4) is 0 Å². The Balaban J connectivity index is 2.98. The maximum Gasteiger partial charge on any atom is 0.449 e. The van der Waals surface area contributed by atoms with Crippen LogP contribution in [0.4, 0.5) is 26.3 Å². The fourth-order valence-electron chi connectivity index (χ4n) is 1.62. The molecule has 4 nitrogen and oxygen atoms in total. The lowest BCUT2D eigenvalue weighted by Crippen LogP contribution is -2.34. The van der Waals surface area contributed by atoms with Gasteiger partial charge in [-0.3, -0.25) is 9.98 Å². The van der Waals surface area contributed by atoms with Crippen molar-refractivity contribution in [2.45, 2.75) is 38.0 Å². The standard InChI is InChI=1S/C11H14F6N4/c1-4-19-8(11(15,16)17)21-7(18)9(21,3)20-5-6(2)10(12,13)14/h5,7H,2,4,18H2,1,3H3/t7?,9-,21?/m1/s1. The molecule has 0 bridgehead atoms. The molecule has 1 aliphatic rings. The number of amidine groups is 1. The summed E-state index contributed by atoms with van der Waals surface area (Å²) in [6.45, 7) is 5.19. The Labute approximate surface area is 117 Å². The zero-order valence-electron chi connectivity index (χ0n) is 11.3. The van der Waals surface area contributed by atoms with Crippen LogP contribution >= 0.6 is 0 Å². The van der Waals surface area contributed by atoms with Crippen molar-refractivity contribution in [3.63, 3.8) is 0 Å². The lowest BCUT2D eigenvalue weighted by Gasteiger charge is -2.14. The fourth-order valence-corrected chi connectivity index (χ4v) is 1.62. The summed E-state index contributed by atoms with van der Waals surface area (Å²) >= 11 is 0. The van der Waals surface area contributed by atoms with Crippen molar-refractivity contribution in [3.05, 3.63) is 12.2 Å². The van der Waals surface area contributed by atoms with Gasteiger partial charge in [0.25, 0.3) is 0 Å². The van der Waals surface area contributed by atoms with Crippen molar-refractivity contribution < 1.29 is 26.3 Å². The van der Waals surface area contributed by atoms with Crippen LogP contribution in [0.3, 0.4) is 0 Å². The third kappa shape index (κ3) is 3.55. The topological polar surface area (TPSA) is 53.7 Å².